The molecular weight excluding hydrogens is 496 g/mol. The number of carbonyl (C=O) groups excluding carboxylic acids is 1. The van der Waals surface area contributed by atoms with E-state index in [4.69, 9.17) is 9.72 Å². The molecule has 1 N–H and O–H groups in total. The molecule has 5 heteroatoms. The van der Waals surface area contributed by atoms with Crippen LogP contribution in [0.1, 0.15) is 74.8 Å². The molecule has 1 unspecified atom stereocenters. The standard InChI is InChI=1S/C35H40N2O3/c1-3-4-24-40-33(38)27-20-22-28(23-21-27)34(2,39)32-25-37(26-36-32)35(29-14-8-5-9-15-29,30-16-10-6-11-17-30)31-18-12-7-13-19-31/h5-19,25-28,39H,3-4,20-24H2,1-2H3. The monoisotopic (exact) mass is 536 g/mol. The number of benzene rings is 3. The van der Waals surface area contributed by atoms with Crippen molar-refractivity contribution in [3.05, 3.63) is 126 Å². The molecule has 5 nitrogen and oxygen atoms in total. The summed E-state index contributed by atoms with van der Waals surface area (Å²) in [5.41, 5.74) is 2.17. The third-order valence-corrected chi connectivity index (χ3v) is 8.66. The van der Waals surface area contributed by atoms with Crippen molar-refractivity contribution in [3.63, 3.8) is 0 Å². The third kappa shape index (κ3) is 5.35. The Balaban J connectivity index is 1.48. The number of rotatable bonds is 10. The van der Waals surface area contributed by atoms with E-state index in [1.807, 2.05) is 37.6 Å². The van der Waals surface area contributed by atoms with Crippen LogP contribution in [-0.4, -0.2) is 27.2 Å². The molecule has 1 fully saturated rings. The fourth-order valence-corrected chi connectivity index (χ4v) is 6.29. The van der Waals surface area contributed by atoms with Crippen LogP contribution < -0.4 is 0 Å². The molecule has 3 aromatic carbocycles. The maximum absolute atomic E-state index is 12.5. The molecule has 0 aliphatic heterocycles. The van der Waals surface area contributed by atoms with E-state index in [0.29, 0.717) is 12.3 Å². The maximum Gasteiger partial charge on any atom is 0.308 e. The zero-order chi connectivity index (χ0) is 28.0. The van der Waals surface area contributed by atoms with E-state index in [9.17, 15) is 9.90 Å². The number of hydrogen-bond acceptors (Lipinski definition) is 4. The summed E-state index contributed by atoms with van der Waals surface area (Å²) >= 11 is 0. The summed E-state index contributed by atoms with van der Waals surface area (Å²) in [7, 11) is 0. The fraction of sp³-hybridized carbons (Fsp3) is 0.371. The van der Waals surface area contributed by atoms with Gasteiger partial charge in [-0.1, -0.05) is 104 Å². The number of hydrogen-bond donors (Lipinski definition) is 1. The lowest BCUT2D eigenvalue weighted by molar-refractivity contribution is -0.151. The summed E-state index contributed by atoms with van der Waals surface area (Å²) in [6.45, 7) is 4.46. The van der Waals surface area contributed by atoms with Crippen molar-refractivity contribution in [1.82, 2.24) is 9.55 Å². The number of ether oxygens (including phenoxy) is 1. The van der Waals surface area contributed by atoms with Crippen LogP contribution >= 0.6 is 0 Å². The number of aromatic nitrogens is 2. The van der Waals surface area contributed by atoms with Crippen LogP contribution in [0.25, 0.3) is 0 Å². The molecule has 1 aliphatic rings. The molecule has 0 saturated heterocycles. The first kappa shape index (κ1) is 27.9. The van der Waals surface area contributed by atoms with Crippen LogP contribution in [-0.2, 0) is 20.7 Å². The zero-order valence-corrected chi connectivity index (χ0v) is 23.6. The van der Waals surface area contributed by atoms with E-state index in [0.717, 1.165) is 55.2 Å². The quantitative estimate of drug-likeness (QED) is 0.134. The predicted octanol–water partition coefficient (Wildman–Crippen LogP) is 7.08. The lowest BCUT2D eigenvalue weighted by Crippen LogP contribution is -2.38. The highest BCUT2D eigenvalue weighted by atomic mass is 16.5. The molecule has 0 spiro atoms. The van der Waals surface area contributed by atoms with Gasteiger partial charge in [-0.15, -0.1) is 0 Å². The van der Waals surface area contributed by atoms with Crippen molar-refractivity contribution in [3.8, 4) is 0 Å². The first-order valence-corrected chi connectivity index (χ1v) is 14.6. The molecule has 208 valence electrons. The van der Waals surface area contributed by atoms with Gasteiger partial charge in [0.2, 0.25) is 0 Å². The van der Waals surface area contributed by atoms with Crippen molar-refractivity contribution in [2.75, 3.05) is 6.61 Å². The Hall–Kier alpha value is -3.70. The van der Waals surface area contributed by atoms with Crippen molar-refractivity contribution in [2.45, 2.75) is 63.5 Å². The van der Waals surface area contributed by atoms with Gasteiger partial charge in [0.1, 0.15) is 11.1 Å². The number of carbonyl (C=O) groups is 1. The topological polar surface area (TPSA) is 64.3 Å². The second-order valence-electron chi connectivity index (χ2n) is 11.2. The van der Waals surface area contributed by atoms with Crippen LogP contribution in [0, 0.1) is 11.8 Å². The minimum absolute atomic E-state index is 0.00937. The Morgan fingerprint density at radius 2 is 1.38 bits per heavy atom. The molecule has 0 amide bonds. The SMILES string of the molecule is CCCCOC(=O)C1CCC(C(C)(O)c2cn(C(c3ccccc3)(c3ccccc3)c3ccccc3)cn2)CC1. The van der Waals surface area contributed by atoms with Gasteiger partial charge in [-0.2, -0.15) is 0 Å². The van der Waals surface area contributed by atoms with Gasteiger partial charge >= 0.3 is 5.97 Å². The van der Waals surface area contributed by atoms with Crippen LogP contribution in [0.5, 0.6) is 0 Å². The number of imidazole rings is 1. The molecule has 1 aliphatic carbocycles. The molecule has 1 aromatic heterocycles. The first-order valence-electron chi connectivity index (χ1n) is 14.6. The molecule has 0 radical (unpaired) electrons. The average molecular weight is 537 g/mol. The second-order valence-corrected chi connectivity index (χ2v) is 11.2. The number of esters is 1. The van der Waals surface area contributed by atoms with Crippen molar-refractivity contribution < 1.29 is 14.6 Å². The van der Waals surface area contributed by atoms with Gasteiger partial charge in [0, 0.05) is 6.20 Å². The van der Waals surface area contributed by atoms with E-state index >= 15 is 0 Å². The van der Waals surface area contributed by atoms with E-state index < -0.39 is 11.1 Å². The van der Waals surface area contributed by atoms with Gasteiger partial charge in [0.25, 0.3) is 0 Å². The lowest BCUT2D eigenvalue weighted by Gasteiger charge is -2.38. The summed E-state index contributed by atoms with van der Waals surface area (Å²) in [6, 6.07) is 31.4. The number of unbranched alkanes of at least 4 members (excludes halogenated alkanes) is 1. The van der Waals surface area contributed by atoms with E-state index in [2.05, 4.69) is 84.3 Å². The smallest absolute Gasteiger partial charge is 0.308 e. The Labute approximate surface area is 237 Å². The van der Waals surface area contributed by atoms with Crippen LogP contribution in [0.15, 0.2) is 104 Å². The second kappa shape index (κ2) is 12.2. The highest BCUT2D eigenvalue weighted by Gasteiger charge is 2.43. The predicted molar refractivity (Wildman–Crippen MR) is 158 cm³/mol. The molecule has 5 rings (SSSR count). The molecule has 1 saturated carbocycles. The van der Waals surface area contributed by atoms with Crippen LogP contribution in [0.4, 0.5) is 0 Å². The highest BCUT2D eigenvalue weighted by Crippen LogP contribution is 2.44. The van der Waals surface area contributed by atoms with Gasteiger partial charge < -0.3 is 14.4 Å². The Bertz CT molecular complexity index is 1260. The normalized spacial score (nSPS) is 19.1. The van der Waals surface area contributed by atoms with Gasteiger partial charge in [0.05, 0.1) is 24.5 Å². The lowest BCUT2D eigenvalue weighted by atomic mass is 9.73. The maximum atomic E-state index is 12.5. The highest BCUT2D eigenvalue weighted by molar-refractivity contribution is 5.72. The van der Waals surface area contributed by atoms with Crippen molar-refractivity contribution >= 4 is 5.97 Å². The van der Waals surface area contributed by atoms with Crippen LogP contribution in [0.2, 0.25) is 0 Å². The summed E-state index contributed by atoms with van der Waals surface area (Å²) in [4.78, 5) is 17.3. The first-order chi connectivity index (χ1) is 19.5. The minimum atomic E-state index is -1.13. The largest absolute Gasteiger partial charge is 0.465 e. The number of nitrogens with zero attached hydrogens (tertiary/aromatic N) is 2. The molecule has 40 heavy (non-hydrogen) atoms. The van der Waals surface area contributed by atoms with E-state index in [1.165, 1.54) is 0 Å². The fourth-order valence-electron chi connectivity index (χ4n) is 6.29. The summed E-state index contributed by atoms with van der Waals surface area (Å²) < 4.78 is 7.62. The van der Waals surface area contributed by atoms with Gasteiger partial charge in [-0.05, 0) is 61.6 Å². The van der Waals surface area contributed by atoms with Crippen molar-refractivity contribution in [1.29, 1.82) is 0 Å². The summed E-state index contributed by atoms with van der Waals surface area (Å²) in [6.07, 6.45) is 8.75. The summed E-state index contributed by atoms with van der Waals surface area (Å²) in [5, 5.41) is 11.9. The van der Waals surface area contributed by atoms with Crippen molar-refractivity contribution in [2.24, 2.45) is 11.8 Å². The summed E-state index contributed by atoms with van der Waals surface area (Å²) in [5.74, 6) is -0.160. The van der Waals surface area contributed by atoms with Gasteiger partial charge in [-0.3, -0.25) is 4.79 Å². The number of aliphatic hydroxyl groups is 1. The van der Waals surface area contributed by atoms with E-state index in [-0.39, 0.29) is 17.8 Å². The Kier molecular flexibility index (Phi) is 8.51. The van der Waals surface area contributed by atoms with Gasteiger partial charge in [0.15, 0.2) is 0 Å². The van der Waals surface area contributed by atoms with Gasteiger partial charge in [-0.25, -0.2) is 4.98 Å². The third-order valence-electron chi connectivity index (χ3n) is 8.66. The zero-order valence-electron chi connectivity index (χ0n) is 23.6. The molecule has 1 heterocycles. The molecule has 1 atom stereocenters. The average Bonchev–Trinajstić information content (AvgIpc) is 3.51. The Morgan fingerprint density at radius 3 is 1.85 bits per heavy atom. The Morgan fingerprint density at radius 1 is 0.875 bits per heavy atom. The minimum Gasteiger partial charge on any atom is -0.465 e. The van der Waals surface area contributed by atoms with E-state index in [1.54, 1.807) is 0 Å². The molecular formula is C35H40N2O3. The molecule has 0 bridgehead atoms. The molecule has 4 aromatic rings. The van der Waals surface area contributed by atoms with Crippen LogP contribution in [0.3, 0.4) is 0 Å².